The van der Waals surface area contributed by atoms with Gasteiger partial charge in [0.1, 0.15) is 17.2 Å². The van der Waals surface area contributed by atoms with Gasteiger partial charge in [-0.05, 0) is 43.4 Å². The molecule has 0 radical (unpaired) electrons. The van der Waals surface area contributed by atoms with Crippen molar-refractivity contribution < 1.29 is 9.13 Å². The number of hydrogen-bond acceptors (Lipinski definition) is 2. The van der Waals surface area contributed by atoms with Gasteiger partial charge in [0.25, 0.3) is 0 Å². The predicted octanol–water partition coefficient (Wildman–Crippen LogP) is 3.61. The molecule has 1 aliphatic heterocycles. The lowest BCUT2D eigenvalue weighted by atomic mass is 9.93. The van der Waals surface area contributed by atoms with Crippen LogP contribution in [0.2, 0.25) is 0 Å². The van der Waals surface area contributed by atoms with Crippen LogP contribution in [-0.2, 0) is 6.42 Å². The van der Waals surface area contributed by atoms with Gasteiger partial charge in [-0.1, -0.05) is 0 Å². The predicted molar refractivity (Wildman–Crippen MR) is 66.6 cm³/mol. The van der Waals surface area contributed by atoms with Crippen molar-refractivity contribution in [1.29, 1.82) is 5.26 Å². The van der Waals surface area contributed by atoms with Gasteiger partial charge in [0, 0.05) is 24.1 Å². The van der Waals surface area contributed by atoms with E-state index in [-0.39, 0.29) is 11.4 Å². The van der Waals surface area contributed by atoms with Crippen LogP contribution in [0.25, 0.3) is 6.08 Å². The van der Waals surface area contributed by atoms with E-state index < -0.39 is 0 Å². The van der Waals surface area contributed by atoms with Gasteiger partial charge in [0.15, 0.2) is 0 Å². The first-order valence-electron chi connectivity index (χ1n) is 6.30. The van der Waals surface area contributed by atoms with Gasteiger partial charge in [-0.15, -0.1) is 0 Å². The van der Waals surface area contributed by atoms with Crippen molar-refractivity contribution in [2.45, 2.75) is 37.7 Å². The van der Waals surface area contributed by atoms with Gasteiger partial charge >= 0.3 is 0 Å². The van der Waals surface area contributed by atoms with Crippen LogP contribution in [0.5, 0.6) is 5.75 Å². The summed E-state index contributed by atoms with van der Waals surface area (Å²) in [4.78, 5) is 0. The van der Waals surface area contributed by atoms with Crippen molar-refractivity contribution in [3.8, 4) is 11.8 Å². The highest BCUT2D eigenvalue weighted by molar-refractivity contribution is 5.61. The van der Waals surface area contributed by atoms with Crippen molar-refractivity contribution in [2.75, 3.05) is 0 Å². The van der Waals surface area contributed by atoms with Gasteiger partial charge in [-0.25, -0.2) is 4.39 Å². The van der Waals surface area contributed by atoms with E-state index in [1.165, 1.54) is 31.1 Å². The van der Waals surface area contributed by atoms with Gasteiger partial charge < -0.3 is 4.74 Å². The summed E-state index contributed by atoms with van der Waals surface area (Å²) in [5, 5.41) is 8.59. The molecule has 0 bridgehead atoms. The quantitative estimate of drug-likeness (QED) is 0.706. The Morgan fingerprint density at radius 1 is 1.33 bits per heavy atom. The van der Waals surface area contributed by atoms with Crippen LogP contribution in [0.15, 0.2) is 18.2 Å². The molecule has 0 amide bonds. The first-order chi connectivity index (χ1) is 8.72. The summed E-state index contributed by atoms with van der Waals surface area (Å²) in [5.74, 6) is 0.357. The molecule has 2 aliphatic rings. The number of nitrogens with zero attached hydrogens (tertiary/aromatic N) is 1. The Morgan fingerprint density at radius 3 is 2.83 bits per heavy atom. The van der Waals surface area contributed by atoms with E-state index in [4.69, 9.17) is 10.00 Å². The minimum Gasteiger partial charge on any atom is -0.487 e. The second-order valence-corrected chi connectivity index (χ2v) is 5.10. The Labute approximate surface area is 106 Å². The van der Waals surface area contributed by atoms with Crippen LogP contribution in [-0.4, -0.2) is 5.60 Å². The SMILES string of the molecule is N#C/C=C\c1cc(F)cc2c1CC1(CCCC1)O2. The monoisotopic (exact) mass is 243 g/mol. The third-order valence-corrected chi connectivity index (χ3v) is 3.89. The maximum absolute atomic E-state index is 13.5. The molecule has 1 aliphatic carbocycles. The highest BCUT2D eigenvalue weighted by Gasteiger charge is 2.42. The Kier molecular flexibility index (Phi) is 2.59. The molecule has 18 heavy (non-hydrogen) atoms. The molecule has 92 valence electrons. The Hall–Kier alpha value is -1.82. The molecule has 0 saturated heterocycles. The van der Waals surface area contributed by atoms with Gasteiger partial charge in [-0.2, -0.15) is 5.26 Å². The van der Waals surface area contributed by atoms with Gasteiger partial charge in [-0.3, -0.25) is 0 Å². The topological polar surface area (TPSA) is 33.0 Å². The molecular formula is C15H14FNO. The average molecular weight is 243 g/mol. The second kappa shape index (κ2) is 4.13. The van der Waals surface area contributed by atoms with Crippen molar-refractivity contribution in [1.82, 2.24) is 0 Å². The normalized spacial score (nSPS) is 20.0. The van der Waals surface area contributed by atoms with Crippen LogP contribution < -0.4 is 4.74 Å². The summed E-state index contributed by atoms with van der Waals surface area (Å²) in [7, 11) is 0. The third kappa shape index (κ3) is 1.78. The summed E-state index contributed by atoms with van der Waals surface area (Å²) in [5.41, 5.74) is 1.71. The summed E-state index contributed by atoms with van der Waals surface area (Å²) >= 11 is 0. The molecule has 0 unspecified atom stereocenters. The highest BCUT2D eigenvalue weighted by Crippen LogP contribution is 2.46. The number of halogens is 1. The van der Waals surface area contributed by atoms with E-state index in [1.807, 2.05) is 6.07 Å². The standard InChI is InChI=1S/C15H14FNO/c16-12-8-11(4-3-7-17)13-10-15(5-1-2-6-15)18-14(13)9-12/h3-4,8-9H,1-2,5-6,10H2/b4-3-. The zero-order chi connectivity index (χ0) is 12.6. The minimum atomic E-state index is -0.304. The second-order valence-electron chi connectivity index (χ2n) is 5.10. The number of nitriles is 1. The summed E-state index contributed by atoms with van der Waals surface area (Å²) in [6.45, 7) is 0. The molecule has 0 atom stereocenters. The van der Waals surface area contributed by atoms with E-state index in [0.29, 0.717) is 5.75 Å². The lowest BCUT2D eigenvalue weighted by Crippen LogP contribution is -2.29. The molecule has 1 fully saturated rings. The zero-order valence-electron chi connectivity index (χ0n) is 10.1. The van der Waals surface area contributed by atoms with Crippen molar-refractivity contribution in [2.24, 2.45) is 0 Å². The fourth-order valence-corrected chi connectivity index (χ4v) is 3.08. The number of rotatable bonds is 1. The largest absolute Gasteiger partial charge is 0.487 e. The van der Waals surface area contributed by atoms with Crippen LogP contribution in [0, 0.1) is 17.1 Å². The van der Waals surface area contributed by atoms with E-state index in [0.717, 1.165) is 30.4 Å². The Bertz CT molecular complexity index is 550. The zero-order valence-corrected chi connectivity index (χ0v) is 10.1. The average Bonchev–Trinajstić information content (AvgIpc) is 2.93. The van der Waals surface area contributed by atoms with Crippen LogP contribution >= 0.6 is 0 Å². The molecule has 1 heterocycles. The van der Waals surface area contributed by atoms with Crippen molar-refractivity contribution in [3.05, 3.63) is 35.2 Å². The molecule has 1 aromatic rings. The molecule has 1 aromatic carbocycles. The molecule has 1 spiro atoms. The molecule has 0 N–H and O–H groups in total. The van der Waals surface area contributed by atoms with E-state index >= 15 is 0 Å². The fourth-order valence-electron chi connectivity index (χ4n) is 3.08. The molecule has 3 rings (SSSR count). The van der Waals surface area contributed by atoms with Crippen LogP contribution in [0.4, 0.5) is 4.39 Å². The van der Waals surface area contributed by atoms with E-state index in [9.17, 15) is 4.39 Å². The van der Waals surface area contributed by atoms with Gasteiger partial charge in [0.2, 0.25) is 0 Å². The summed E-state index contributed by atoms with van der Waals surface area (Å²) in [6, 6.07) is 4.88. The summed E-state index contributed by atoms with van der Waals surface area (Å²) in [6.07, 6.45) is 8.34. The maximum Gasteiger partial charge on any atom is 0.127 e. The lowest BCUT2D eigenvalue weighted by molar-refractivity contribution is 0.103. The minimum absolute atomic E-state index is 0.106. The maximum atomic E-state index is 13.5. The van der Waals surface area contributed by atoms with E-state index in [1.54, 1.807) is 6.08 Å². The first kappa shape index (κ1) is 11.3. The van der Waals surface area contributed by atoms with Crippen LogP contribution in [0.3, 0.4) is 0 Å². The Balaban J connectivity index is 2.02. The molecule has 2 nitrogen and oxygen atoms in total. The highest BCUT2D eigenvalue weighted by atomic mass is 19.1. The smallest absolute Gasteiger partial charge is 0.127 e. The first-order valence-corrected chi connectivity index (χ1v) is 6.30. The number of fused-ring (bicyclic) bond motifs is 1. The molecule has 0 aromatic heterocycles. The van der Waals surface area contributed by atoms with Gasteiger partial charge in [0.05, 0.1) is 6.07 Å². The number of benzene rings is 1. The van der Waals surface area contributed by atoms with Crippen molar-refractivity contribution in [3.63, 3.8) is 0 Å². The Morgan fingerprint density at radius 2 is 2.11 bits per heavy atom. The number of allylic oxidation sites excluding steroid dienone is 1. The third-order valence-electron chi connectivity index (χ3n) is 3.89. The van der Waals surface area contributed by atoms with Crippen molar-refractivity contribution >= 4 is 6.08 Å². The van der Waals surface area contributed by atoms with Crippen LogP contribution in [0.1, 0.15) is 36.8 Å². The van der Waals surface area contributed by atoms with E-state index in [2.05, 4.69) is 0 Å². The number of hydrogen-bond donors (Lipinski definition) is 0. The fraction of sp³-hybridized carbons (Fsp3) is 0.400. The lowest BCUT2D eigenvalue weighted by Gasteiger charge is -2.22. The number of ether oxygens (including phenoxy) is 1. The molecule has 3 heteroatoms. The molecule has 1 saturated carbocycles. The summed E-state index contributed by atoms with van der Waals surface area (Å²) < 4.78 is 19.5. The molecular weight excluding hydrogens is 229 g/mol.